The number of alkyl carbamates (subject to hydrolysis) is 1. The van der Waals surface area contributed by atoms with Gasteiger partial charge in [-0.25, -0.2) is 9.59 Å². The lowest BCUT2D eigenvalue weighted by Crippen LogP contribution is -2.34. The van der Waals surface area contributed by atoms with Crippen molar-refractivity contribution < 1.29 is 57.4 Å². The van der Waals surface area contributed by atoms with Crippen molar-refractivity contribution in [2.75, 3.05) is 106 Å². The molecular formula is C23H44N2O12. The van der Waals surface area contributed by atoms with Gasteiger partial charge >= 0.3 is 12.1 Å². The summed E-state index contributed by atoms with van der Waals surface area (Å²) in [4.78, 5) is 33.0. The van der Waals surface area contributed by atoms with Gasteiger partial charge in [-0.1, -0.05) is 0 Å². The molecule has 0 aliphatic carbocycles. The largest absolute Gasteiger partial charge is 0.480 e. The molecule has 0 bridgehead atoms. The maximum absolute atomic E-state index is 11.4. The standard InChI is InChI=1S/C23H44N2O12/c1-23(2,3)37-22(29)25-5-7-31-9-11-33-13-15-35-17-16-34-14-12-32-10-8-30-6-4-24-20(26)18-36-19-21(27)28/h4-19H2,1-3H3,(H,24,26)(H,25,29)(H,27,28). The second kappa shape index (κ2) is 24.3. The summed E-state index contributed by atoms with van der Waals surface area (Å²) in [6.07, 6.45) is -0.465. The molecule has 0 rings (SSSR count). The Morgan fingerprint density at radius 1 is 0.568 bits per heavy atom. The summed E-state index contributed by atoms with van der Waals surface area (Å²) in [6, 6.07) is 0. The van der Waals surface area contributed by atoms with E-state index in [0.29, 0.717) is 92.4 Å². The van der Waals surface area contributed by atoms with Gasteiger partial charge in [-0.3, -0.25) is 4.79 Å². The van der Waals surface area contributed by atoms with Crippen molar-refractivity contribution in [2.45, 2.75) is 26.4 Å². The zero-order valence-corrected chi connectivity index (χ0v) is 22.3. The molecule has 0 unspecified atom stereocenters. The van der Waals surface area contributed by atoms with E-state index in [9.17, 15) is 14.4 Å². The molecule has 0 atom stereocenters. The Kier molecular flexibility index (Phi) is 22.9. The molecule has 0 heterocycles. The number of carboxylic acids is 1. The average molecular weight is 541 g/mol. The third-order valence-electron chi connectivity index (χ3n) is 3.80. The monoisotopic (exact) mass is 540 g/mol. The van der Waals surface area contributed by atoms with Crippen LogP contribution in [0.3, 0.4) is 0 Å². The highest BCUT2D eigenvalue weighted by atomic mass is 16.6. The van der Waals surface area contributed by atoms with Gasteiger partial charge in [-0.2, -0.15) is 0 Å². The highest BCUT2D eigenvalue weighted by Crippen LogP contribution is 2.06. The van der Waals surface area contributed by atoms with Crippen LogP contribution in [0.5, 0.6) is 0 Å². The van der Waals surface area contributed by atoms with Crippen LogP contribution in [0.1, 0.15) is 20.8 Å². The van der Waals surface area contributed by atoms with Gasteiger partial charge in [0.05, 0.1) is 79.3 Å². The normalized spacial score (nSPS) is 11.3. The first-order valence-electron chi connectivity index (χ1n) is 12.2. The van der Waals surface area contributed by atoms with E-state index in [1.807, 2.05) is 0 Å². The molecule has 14 nitrogen and oxygen atoms in total. The number of rotatable bonds is 25. The van der Waals surface area contributed by atoms with Gasteiger partial charge in [-0.15, -0.1) is 0 Å². The van der Waals surface area contributed by atoms with Crippen LogP contribution >= 0.6 is 0 Å². The minimum atomic E-state index is -1.13. The molecule has 0 aliphatic rings. The molecule has 0 aliphatic heterocycles. The van der Waals surface area contributed by atoms with Crippen LogP contribution in [0.25, 0.3) is 0 Å². The van der Waals surface area contributed by atoms with Crippen LogP contribution in [0.4, 0.5) is 4.79 Å². The van der Waals surface area contributed by atoms with Crippen LogP contribution in [0, 0.1) is 0 Å². The lowest BCUT2D eigenvalue weighted by Gasteiger charge is -2.19. The molecule has 3 N–H and O–H groups in total. The first-order chi connectivity index (χ1) is 17.7. The Labute approximate surface area is 218 Å². The third-order valence-corrected chi connectivity index (χ3v) is 3.80. The number of carboxylic acid groups (broad SMARTS) is 1. The molecule has 0 aromatic rings. The lowest BCUT2D eigenvalue weighted by molar-refractivity contribution is -0.143. The molecule has 37 heavy (non-hydrogen) atoms. The lowest BCUT2D eigenvalue weighted by atomic mass is 10.2. The summed E-state index contributed by atoms with van der Waals surface area (Å²) in [6.45, 7) is 10.3. The van der Waals surface area contributed by atoms with E-state index in [1.165, 1.54) is 0 Å². The Bertz CT molecular complexity index is 587. The summed E-state index contributed by atoms with van der Waals surface area (Å²) in [5.41, 5.74) is -0.519. The number of carbonyl (C=O) groups is 3. The van der Waals surface area contributed by atoms with E-state index in [0.717, 1.165) is 0 Å². The second-order valence-electron chi connectivity index (χ2n) is 8.34. The quantitative estimate of drug-likeness (QED) is 0.131. The van der Waals surface area contributed by atoms with Gasteiger partial charge in [0.15, 0.2) is 0 Å². The number of ether oxygens (including phenoxy) is 8. The number of hydrogen-bond acceptors (Lipinski definition) is 11. The molecule has 0 aromatic carbocycles. The topological polar surface area (TPSA) is 169 Å². The predicted molar refractivity (Wildman–Crippen MR) is 131 cm³/mol. The third kappa shape index (κ3) is 30.0. The number of nitrogens with one attached hydrogen (secondary N) is 2. The summed E-state index contributed by atoms with van der Waals surface area (Å²) < 4.78 is 42.0. The smallest absolute Gasteiger partial charge is 0.407 e. The van der Waals surface area contributed by atoms with E-state index in [1.54, 1.807) is 20.8 Å². The molecule has 218 valence electrons. The van der Waals surface area contributed by atoms with E-state index >= 15 is 0 Å². The van der Waals surface area contributed by atoms with Crippen LogP contribution in [0.15, 0.2) is 0 Å². The van der Waals surface area contributed by atoms with Crippen molar-refractivity contribution in [1.82, 2.24) is 10.6 Å². The molecule has 0 spiro atoms. The number of carbonyl (C=O) groups excluding carboxylic acids is 2. The van der Waals surface area contributed by atoms with Crippen LogP contribution < -0.4 is 10.6 Å². The fourth-order valence-electron chi connectivity index (χ4n) is 2.29. The van der Waals surface area contributed by atoms with E-state index in [4.69, 9.17) is 38.3 Å². The van der Waals surface area contributed by atoms with Crippen LogP contribution in [-0.2, 0) is 47.5 Å². The summed E-state index contributed by atoms with van der Waals surface area (Å²) in [5.74, 6) is -1.53. The molecule has 2 amide bonds. The van der Waals surface area contributed by atoms with Crippen LogP contribution in [-0.4, -0.2) is 134 Å². The highest BCUT2D eigenvalue weighted by Gasteiger charge is 2.15. The first-order valence-corrected chi connectivity index (χ1v) is 12.2. The molecule has 0 radical (unpaired) electrons. The number of hydrogen-bond donors (Lipinski definition) is 3. The van der Waals surface area contributed by atoms with E-state index < -0.39 is 30.2 Å². The molecule has 0 aromatic heterocycles. The van der Waals surface area contributed by atoms with Crippen molar-refractivity contribution in [1.29, 1.82) is 0 Å². The first kappa shape index (κ1) is 34.9. The molecule has 0 saturated heterocycles. The van der Waals surface area contributed by atoms with Crippen molar-refractivity contribution >= 4 is 18.0 Å². The van der Waals surface area contributed by atoms with E-state index in [2.05, 4.69) is 15.4 Å². The van der Waals surface area contributed by atoms with Crippen molar-refractivity contribution in [3.8, 4) is 0 Å². The zero-order valence-electron chi connectivity index (χ0n) is 22.3. The Balaban J connectivity index is 3.18. The average Bonchev–Trinajstić information content (AvgIpc) is 2.81. The number of aliphatic carboxylic acids is 1. The summed E-state index contributed by atoms with van der Waals surface area (Å²) in [5, 5.41) is 13.5. The van der Waals surface area contributed by atoms with Crippen molar-refractivity contribution in [3.05, 3.63) is 0 Å². The van der Waals surface area contributed by atoms with Crippen molar-refractivity contribution in [3.63, 3.8) is 0 Å². The highest BCUT2D eigenvalue weighted by molar-refractivity contribution is 5.77. The fraction of sp³-hybridized carbons (Fsp3) is 0.870. The fourth-order valence-corrected chi connectivity index (χ4v) is 2.29. The maximum Gasteiger partial charge on any atom is 0.407 e. The SMILES string of the molecule is CC(C)(C)OC(=O)NCCOCCOCCOCCOCCOCCOCCNC(=O)COCC(=O)O. The van der Waals surface area contributed by atoms with E-state index in [-0.39, 0.29) is 6.61 Å². The molecule has 14 heteroatoms. The van der Waals surface area contributed by atoms with Gasteiger partial charge in [0.25, 0.3) is 0 Å². The second-order valence-corrected chi connectivity index (χ2v) is 8.34. The minimum absolute atomic E-state index is 0.298. The Hall–Kier alpha value is -2.07. The summed E-state index contributed by atoms with van der Waals surface area (Å²) in [7, 11) is 0. The zero-order chi connectivity index (χ0) is 27.6. The van der Waals surface area contributed by atoms with Crippen LogP contribution in [0.2, 0.25) is 0 Å². The maximum atomic E-state index is 11.4. The molecule has 0 fully saturated rings. The predicted octanol–water partition coefficient (Wildman–Crippen LogP) is -0.172. The van der Waals surface area contributed by atoms with Gasteiger partial charge in [0.1, 0.15) is 18.8 Å². The Morgan fingerprint density at radius 3 is 1.32 bits per heavy atom. The van der Waals surface area contributed by atoms with Gasteiger partial charge in [0.2, 0.25) is 5.91 Å². The Morgan fingerprint density at radius 2 is 0.946 bits per heavy atom. The van der Waals surface area contributed by atoms with Gasteiger partial charge in [-0.05, 0) is 20.8 Å². The minimum Gasteiger partial charge on any atom is -0.480 e. The molecule has 0 saturated carbocycles. The number of amides is 2. The summed E-state index contributed by atoms with van der Waals surface area (Å²) >= 11 is 0. The van der Waals surface area contributed by atoms with Gasteiger partial charge < -0.3 is 53.6 Å². The van der Waals surface area contributed by atoms with Gasteiger partial charge in [0, 0.05) is 13.1 Å². The molecular weight excluding hydrogens is 496 g/mol. The van der Waals surface area contributed by atoms with Crippen molar-refractivity contribution in [2.24, 2.45) is 0 Å².